The fourth-order valence-corrected chi connectivity index (χ4v) is 3.51. The number of carboxylic acids is 1. The highest BCUT2D eigenvalue weighted by molar-refractivity contribution is 5.98. The number of amides is 2. The third-order valence-corrected chi connectivity index (χ3v) is 4.69. The Morgan fingerprint density at radius 2 is 1.81 bits per heavy atom. The van der Waals surface area contributed by atoms with Gasteiger partial charge in [0, 0.05) is 20.0 Å². The van der Waals surface area contributed by atoms with Crippen molar-refractivity contribution in [3.63, 3.8) is 0 Å². The van der Waals surface area contributed by atoms with Crippen LogP contribution in [0.15, 0.2) is 0 Å². The second kappa shape index (κ2) is 6.56. The first-order valence-electron chi connectivity index (χ1n) is 7.53. The van der Waals surface area contributed by atoms with Crippen molar-refractivity contribution in [1.82, 2.24) is 4.90 Å². The van der Waals surface area contributed by atoms with E-state index in [0.29, 0.717) is 12.8 Å². The van der Waals surface area contributed by atoms with Gasteiger partial charge < -0.3 is 9.84 Å². The van der Waals surface area contributed by atoms with E-state index in [2.05, 4.69) is 0 Å². The van der Waals surface area contributed by atoms with Gasteiger partial charge in [0.1, 0.15) is 0 Å². The van der Waals surface area contributed by atoms with Crippen molar-refractivity contribution in [3.8, 4) is 0 Å². The Bertz CT molecular complexity index is 408. The smallest absolute Gasteiger partial charge is 0.306 e. The SMILES string of the molecule is COC(CC(=O)O)CN1C(=O)CC2(CCCCC2)CC1=O. The zero-order valence-electron chi connectivity index (χ0n) is 12.5. The zero-order chi connectivity index (χ0) is 15.5. The molecule has 1 saturated carbocycles. The summed E-state index contributed by atoms with van der Waals surface area (Å²) in [7, 11) is 1.40. The molecule has 0 aromatic rings. The van der Waals surface area contributed by atoms with Gasteiger partial charge in [-0.2, -0.15) is 0 Å². The summed E-state index contributed by atoms with van der Waals surface area (Å²) in [6.07, 6.45) is 5.19. The Morgan fingerprint density at radius 3 is 2.29 bits per heavy atom. The van der Waals surface area contributed by atoms with Crippen LogP contribution in [0.3, 0.4) is 0 Å². The quantitative estimate of drug-likeness (QED) is 0.779. The molecule has 2 fully saturated rings. The van der Waals surface area contributed by atoms with Crippen molar-refractivity contribution in [3.05, 3.63) is 0 Å². The average Bonchev–Trinajstić information content (AvgIpc) is 2.42. The molecule has 21 heavy (non-hydrogen) atoms. The summed E-state index contributed by atoms with van der Waals surface area (Å²) < 4.78 is 5.07. The summed E-state index contributed by atoms with van der Waals surface area (Å²) in [5, 5.41) is 8.81. The summed E-state index contributed by atoms with van der Waals surface area (Å²) in [4.78, 5) is 36.6. The van der Waals surface area contributed by atoms with Crippen molar-refractivity contribution in [2.24, 2.45) is 5.41 Å². The van der Waals surface area contributed by atoms with Gasteiger partial charge >= 0.3 is 5.97 Å². The minimum absolute atomic E-state index is 0.0382. The Balaban J connectivity index is 2.01. The number of piperidine rings is 1. The van der Waals surface area contributed by atoms with Crippen molar-refractivity contribution in [1.29, 1.82) is 0 Å². The van der Waals surface area contributed by atoms with Gasteiger partial charge in [-0.3, -0.25) is 19.3 Å². The third kappa shape index (κ3) is 3.81. The van der Waals surface area contributed by atoms with E-state index in [9.17, 15) is 14.4 Å². The molecule has 1 heterocycles. The second-order valence-corrected chi connectivity index (χ2v) is 6.27. The Morgan fingerprint density at radius 1 is 1.24 bits per heavy atom. The molecule has 1 aliphatic heterocycles. The minimum Gasteiger partial charge on any atom is -0.481 e. The van der Waals surface area contributed by atoms with E-state index in [4.69, 9.17) is 9.84 Å². The van der Waals surface area contributed by atoms with Crippen LogP contribution in [0.4, 0.5) is 0 Å². The molecule has 6 nitrogen and oxygen atoms in total. The van der Waals surface area contributed by atoms with Crippen molar-refractivity contribution < 1.29 is 24.2 Å². The summed E-state index contributed by atoms with van der Waals surface area (Å²) in [5.74, 6) is -1.36. The molecule has 2 rings (SSSR count). The molecule has 0 bridgehead atoms. The number of hydrogen-bond acceptors (Lipinski definition) is 4. The summed E-state index contributed by atoms with van der Waals surface area (Å²) in [6.45, 7) is 0.0382. The first-order valence-corrected chi connectivity index (χ1v) is 7.53. The lowest BCUT2D eigenvalue weighted by Crippen LogP contribution is -2.51. The molecule has 1 N–H and O–H groups in total. The average molecular weight is 297 g/mol. The van der Waals surface area contributed by atoms with Crippen LogP contribution in [0.1, 0.15) is 51.4 Å². The maximum atomic E-state index is 12.3. The van der Waals surface area contributed by atoms with E-state index >= 15 is 0 Å². The number of methoxy groups -OCH3 is 1. The molecule has 1 spiro atoms. The zero-order valence-corrected chi connectivity index (χ0v) is 12.5. The molecule has 1 atom stereocenters. The van der Waals surface area contributed by atoms with E-state index in [0.717, 1.165) is 25.7 Å². The highest BCUT2D eigenvalue weighted by Gasteiger charge is 2.44. The van der Waals surface area contributed by atoms with E-state index in [-0.39, 0.29) is 30.2 Å². The predicted octanol–water partition coefficient (Wildman–Crippen LogP) is 1.58. The van der Waals surface area contributed by atoms with Gasteiger partial charge in [-0.05, 0) is 18.3 Å². The first-order chi connectivity index (χ1) is 9.96. The number of imide groups is 1. The van der Waals surface area contributed by atoms with Crippen LogP contribution >= 0.6 is 0 Å². The standard InChI is InChI=1S/C15H23NO5/c1-21-11(7-14(19)20)10-16-12(17)8-15(9-13(16)18)5-3-2-4-6-15/h11H,2-10H2,1H3,(H,19,20). The molecule has 0 aromatic heterocycles. The first kappa shape index (κ1) is 15.9. The molecule has 6 heteroatoms. The molecule has 1 aliphatic carbocycles. The van der Waals surface area contributed by atoms with Gasteiger partial charge in [0.15, 0.2) is 0 Å². The van der Waals surface area contributed by atoms with Gasteiger partial charge in [-0.15, -0.1) is 0 Å². The van der Waals surface area contributed by atoms with Crippen molar-refractivity contribution >= 4 is 17.8 Å². The van der Waals surface area contributed by atoms with Crippen LogP contribution in [0, 0.1) is 5.41 Å². The van der Waals surface area contributed by atoms with Crippen LogP contribution in [-0.2, 0) is 19.1 Å². The Labute approximate surface area is 124 Å². The largest absolute Gasteiger partial charge is 0.481 e. The third-order valence-electron chi connectivity index (χ3n) is 4.69. The van der Waals surface area contributed by atoms with Gasteiger partial charge in [0.25, 0.3) is 0 Å². The molecule has 1 unspecified atom stereocenters. The van der Waals surface area contributed by atoms with Crippen LogP contribution in [-0.4, -0.2) is 47.5 Å². The number of aliphatic carboxylic acids is 1. The predicted molar refractivity (Wildman–Crippen MR) is 74.5 cm³/mol. The molecule has 1 saturated heterocycles. The van der Waals surface area contributed by atoms with Crippen LogP contribution in [0.5, 0.6) is 0 Å². The maximum Gasteiger partial charge on any atom is 0.306 e. The molecule has 118 valence electrons. The number of nitrogens with zero attached hydrogens (tertiary/aromatic N) is 1. The number of carbonyl (C=O) groups excluding carboxylic acids is 2. The number of hydrogen-bond donors (Lipinski definition) is 1. The topological polar surface area (TPSA) is 83.9 Å². The van der Waals surface area contributed by atoms with Crippen LogP contribution < -0.4 is 0 Å². The van der Waals surface area contributed by atoms with Crippen molar-refractivity contribution in [2.75, 3.05) is 13.7 Å². The number of carbonyl (C=O) groups is 3. The van der Waals surface area contributed by atoms with E-state index < -0.39 is 12.1 Å². The normalized spacial score (nSPS) is 23.4. The highest BCUT2D eigenvalue weighted by Crippen LogP contribution is 2.45. The molecule has 2 amide bonds. The molecular formula is C15H23NO5. The summed E-state index contributed by atoms with van der Waals surface area (Å²) >= 11 is 0. The van der Waals surface area contributed by atoms with Crippen molar-refractivity contribution in [2.45, 2.75) is 57.5 Å². The van der Waals surface area contributed by atoms with E-state index in [1.165, 1.54) is 18.4 Å². The lowest BCUT2D eigenvalue weighted by molar-refractivity contribution is -0.158. The van der Waals surface area contributed by atoms with Gasteiger partial charge in [-0.1, -0.05) is 19.3 Å². The van der Waals surface area contributed by atoms with E-state index in [1.807, 2.05) is 0 Å². The van der Waals surface area contributed by atoms with Gasteiger partial charge in [0.05, 0.1) is 19.1 Å². The number of rotatable bonds is 5. The van der Waals surface area contributed by atoms with Crippen LogP contribution in [0.2, 0.25) is 0 Å². The second-order valence-electron chi connectivity index (χ2n) is 6.27. The molecule has 0 aromatic carbocycles. The van der Waals surface area contributed by atoms with Gasteiger partial charge in [-0.25, -0.2) is 0 Å². The lowest BCUT2D eigenvalue weighted by atomic mass is 9.67. The number of ether oxygens (including phenoxy) is 1. The minimum atomic E-state index is -0.998. The van der Waals surface area contributed by atoms with Crippen LogP contribution in [0.25, 0.3) is 0 Å². The molecular weight excluding hydrogens is 274 g/mol. The fraction of sp³-hybridized carbons (Fsp3) is 0.800. The lowest BCUT2D eigenvalue weighted by Gasteiger charge is -2.42. The van der Waals surface area contributed by atoms with E-state index in [1.54, 1.807) is 0 Å². The molecule has 2 aliphatic rings. The maximum absolute atomic E-state index is 12.3. The highest BCUT2D eigenvalue weighted by atomic mass is 16.5. The van der Waals surface area contributed by atoms with Gasteiger partial charge in [0.2, 0.25) is 11.8 Å². The Kier molecular flexibility index (Phi) is 4.98. The molecule has 0 radical (unpaired) electrons. The number of likely N-dealkylation sites (tertiary alicyclic amines) is 1. The summed E-state index contributed by atoms with van der Waals surface area (Å²) in [5.41, 5.74) is -0.141. The fourth-order valence-electron chi connectivity index (χ4n) is 3.51. The Hall–Kier alpha value is -1.43. The number of carboxylic acid groups (broad SMARTS) is 1. The monoisotopic (exact) mass is 297 g/mol. The summed E-state index contributed by atoms with van der Waals surface area (Å²) in [6, 6.07) is 0.